The Morgan fingerprint density at radius 3 is 2.33 bits per heavy atom. The lowest BCUT2D eigenvalue weighted by molar-refractivity contribution is -0.121. The fraction of sp³-hybridized carbons (Fsp3) is 0.333. The first-order valence-corrected chi connectivity index (χ1v) is 8.84. The van der Waals surface area contributed by atoms with E-state index in [1.165, 1.54) is 0 Å². The third-order valence-corrected chi connectivity index (χ3v) is 4.31. The Morgan fingerprint density at radius 2 is 1.70 bits per heavy atom. The number of carbonyl (C=O) groups is 2. The molecule has 1 atom stereocenters. The highest BCUT2D eigenvalue weighted by atomic mass is 19.1. The van der Waals surface area contributed by atoms with Crippen molar-refractivity contribution in [2.45, 2.75) is 33.2 Å². The van der Waals surface area contributed by atoms with Crippen LogP contribution in [0.25, 0.3) is 0 Å². The normalized spacial score (nSPS) is 11.9. The predicted octanol–water partition coefficient (Wildman–Crippen LogP) is 3.39. The molecule has 0 saturated carbocycles. The third-order valence-electron chi connectivity index (χ3n) is 4.31. The second-order valence-electron chi connectivity index (χ2n) is 6.91. The standard InChI is InChI=1S/C21H24F2N2O2/c1-13(2)19(12-24-21(27)15-6-4-14(3)5-7-15)25-20(26)11-16-10-17(22)8-9-18(16)23/h4-10,13,19H,11-12H2,1-3H3,(H,24,27)(H,25,26)/t19-/m1/s1. The molecule has 0 heterocycles. The lowest BCUT2D eigenvalue weighted by Gasteiger charge is -2.23. The van der Waals surface area contributed by atoms with Crippen molar-refractivity contribution < 1.29 is 18.4 Å². The lowest BCUT2D eigenvalue weighted by Crippen LogP contribution is -2.47. The Hall–Kier alpha value is -2.76. The summed E-state index contributed by atoms with van der Waals surface area (Å²) < 4.78 is 26.9. The van der Waals surface area contributed by atoms with Gasteiger partial charge in [-0.1, -0.05) is 31.5 Å². The highest BCUT2D eigenvalue weighted by molar-refractivity contribution is 5.94. The predicted molar refractivity (Wildman–Crippen MR) is 100 cm³/mol. The van der Waals surface area contributed by atoms with Crippen LogP contribution < -0.4 is 10.6 Å². The van der Waals surface area contributed by atoms with Gasteiger partial charge in [0.25, 0.3) is 5.91 Å². The molecule has 0 fully saturated rings. The van der Waals surface area contributed by atoms with Crippen LogP contribution in [0.5, 0.6) is 0 Å². The van der Waals surface area contributed by atoms with Crippen LogP contribution in [0.4, 0.5) is 8.78 Å². The number of rotatable bonds is 7. The number of aryl methyl sites for hydroxylation is 1. The molecule has 144 valence electrons. The van der Waals surface area contributed by atoms with Gasteiger partial charge in [-0.05, 0) is 43.2 Å². The van der Waals surface area contributed by atoms with E-state index in [2.05, 4.69) is 10.6 Å². The Bertz CT molecular complexity index is 804. The summed E-state index contributed by atoms with van der Waals surface area (Å²) >= 11 is 0. The fourth-order valence-electron chi connectivity index (χ4n) is 2.57. The van der Waals surface area contributed by atoms with E-state index in [1.54, 1.807) is 12.1 Å². The summed E-state index contributed by atoms with van der Waals surface area (Å²) in [7, 11) is 0. The van der Waals surface area contributed by atoms with Crippen molar-refractivity contribution in [2.75, 3.05) is 6.54 Å². The van der Waals surface area contributed by atoms with Gasteiger partial charge in [-0.15, -0.1) is 0 Å². The zero-order valence-corrected chi connectivity index (χ0v) is 15.7. The van der Waals surface area contributed by atoms with Crippen LogP contribution >= 0.6 is 0 Å². The molecule has 0 spiro atoms. The van der Waals surface area contributed by atoms with Crippen molar-refractivity contribution in [2.24, 2.45) is 5.92 Å². The summed E-state index contributed by atoms with van der Waals surface area (Å²) in [4.78, 5) is 24.5. The highest BCUT2D eigenvalue weighted by Gasteiger charge is 2.19. The first kappa shape index (κ1) is 20.6. The molecule has 0 aromatic heterocycles. The molecule has 2 aromatic rings. The van der Waals surface area contributed by atoms with Gasteiger partial charge in [-0.25, -0.2) is 8.78 Å². The summed E-state index contributed by atoms with van der Waals surface area (Å²) in [5.41, 5.74) is 1.60. The van der Waals surface area contributed by atoms with E-state index in [9.17, 15) is 18.4 Å². The van der Waals surface area contributed by atoms with Gasteiger partial charge in [0.05, 0.1) is 6.42 Å². The fourth-order valence-corrected chi connectivity index (χ4v) is 2.57. The molecular formula is C21H24F2N2O2. The lowest BCUT2D eigenvalue weighted by atomic mass is 10.0. The van der Waals surface area contributed by atoms with Gasteiger partial charge >= 0.3 is 0 Å². The van der Waals surface area contributed by atoms with Crippen LogP contribution in [0.2, 0.25) is 0 Å². The minimum absolute atomic E-state index is 0.00121. The van der Waals surface area contributed by atoms with E-state index >= 15 is 0 Å². The minimum Gasteiger partial charge on any atom is -0.351 e. The Morgan fingerprint density at radius 1 is 1.04 bits per heavy atom. The largest absolute Gasteiger partial charge is 0.351 e. The first-order valence-electron chi connectivity index (χ1n) is 8.84. The van der Waals surface area contributed by atoms with Crippen LogP contribution in [0.1, 0.15) is 35.3 Å². The molecule has 2 rings (SSSR count). The molecule has 0 aliphatic rings. The van der Waals surface area contributed by atoms with Gasteiger partial charge < -0.3 is 10.6 Å². The molecule has 0 unspecified atom stereocenters. The monoisotopic (exact) mass is 374 g/mol. The summed E-state index contributed by atoms with van der Waals surface area (Å²) in [5.74, 6) is -1.83. The number of hydrogen-bond acceptors (Lipinski definition) is 2. The zero-order valence-electron chi connectivity index (χ0n) is 15.7. The van der Waals surface area contributed by atoms with Gasteiger partial charge in [-0.2, -0.15) is 0 Å². The van der Waals surface area contributed by atoms with Crippen molar-refractivity contribution in [1.29, 1.82) is 0 Å². The van der Waals surface area contributed by atoms with Crippen molar-refractivity contribution in [3.05, 3.63) is 70.8 Å². The number of halogens is 2. The first-order chi connectivity index (χ1) is 12.8. The van der Waals surface area contributed by atoms with Gasteiger partial charge in [0.1, 0.15) is 11.6 Å². The molecule has 0 radical (unpaired) electrons. The molecular weight excluding hydrogens is 350 g/mol. The van der Waals surface area contributed by atoms with Crippen molar-refractivity contribution in [3.8, 4) is 0 Å². The van der Waals surface area contributed by atoms with Crippen LogP contribution in [-0.2, 0) is 11.2 Å². The number of carbonyl (C=O) groups excluding carboxylic acids is 2. The van der Waals surface area contributed by atoms with Gasteiger partial charge in [-0.3, -0.25) is 9.59 Å². The highest BCUT2D eigenvalue weighted by Crippen LogP contribution is 2.11. The Kier molecular flexibility index (Phi) is 7.05. The number of hydrogen-bond donors (Lipinski definition) is 2. The smallest absolute Gasteiger partial charge is 0.251 e. The molecule has 0 aliphatic carbocycles. The molecule has 0 bridgehead atoms. The maximum atomic E-state index is 13.7. The minimum atomic E-state index is -0.625. The van der Waals surface area contributed by atoms with E-state index in [4.69, 9.17) is 0 Å². The molecule has 0 saturated heterocycles. The van der Waals surface area contributed by atoms with Gasteiger partial charge in [0.2, 0.25) is 5.91 Å². The van der Waals surface area contributed by atoms with Gasteiger partial charge in [0.15, 0.2) is 0 Å². The topological polar surface area (TPSA) is 58.2 Å². The summed E-state index contributed by atoms with van der Waals surface area (Å²) in [6, 6.07) is 9.87. The van der Waals surface area contributed by atoms with E-state index in [0.29, 0.717) is 5.56 Å². The van der Waals surface area contributed by atoms with Crippen molar-refractivity contribution in [1.82, 2.24) is 10.6 Å². The SMILES string of the molecule is Cc1ccc(C(=O)NC[C@@H](NC(=O)Cc2cc(F)ccc2F)C(C)C)cc1. The maximum absolute atomic E-state index is 13.7. The quantitative estimate of drug-likeness (QED) is 0.781. The Balaban J connectivity index is 1.94. The van der Waals surface area contributed by atoms with Crippen molar-refractivity contribution >= 4 is 11.8 Å². The number of nitrogens with one attached hydrogen (secondary N) is 2. The van der Waals surface area contributed by atoms with Crippen LogP contribution in [-0.4, -0.2) is 24.4 Å². The molecule has 6 heteroatoms. The summed E-state index contributed by atoms with van der Waals surface area (Å²) in [6.07, 6.45) is -0.265. The second kappa shape index (κ2) is 9.26. The molecule has 2 aromatic carbocycles. The van der Waals surface area contributed by atoms with E-state index in [-0.39, 0.29) is 36.4 Å². The molecule has 0 aliphatic heterocycles. The molecule has 2 N–H and O–H groups in total. The number of benzene rings is 2. The van der Waals surface area contributed by atoms with Crippen LogP contribution in [0.15, 0.2) is 42.5 Å². The summed E-state index contributed by atoms with van der Waals surface area (Å²) in [6.45, 7) is 5.99. The van der Waals surface area contributed by atoms with Crippen LogP contribution in [0, 0.1) is 24.5 Å². The van der Waals surface area contributed by atoms with E-state index < -0.39 is 17.5 Å². The van der Waals surface area contributed by atoms with E-state index in [0.717, 1.165) is 23.8 Å². The van der Waals surface area contributed by atoms with E-state index in [1.807, 2.05) is 32.9 Å². The molecule has 4 nitrogen and oxygen atoms in total. The zero-order chi connectivity index (χ0) is 20.0. The second-order valence-corrected chi connectivity index (χ2v) is 6.91. The summed E-state index contributed by atoms with van der Waals surface area (Å²) in [5, 5.41) is 5.59. The average molecular weight is 374 g/mol. The average Bonchev–Trinajstić information content (AvgIpc) is 2.61. The maximum Gasteiger partial charge on any atom is 0.251 e. The van der Waals surface area contributed by atoms with Gasteiger partial charge in [0, 0.05) is 23.7 Å². The Labute approximate surface area is 158 Å². The van der Waals surface area contributed by atoms with Crippen LogP contribution in [0.3, 0.4) is 0 Å². The van der Waals surface area contributed by atoms with Crippen molar-refractivity contribution in [3.63, 3.8) is 0 Å². The number of amides is 2. The molecule has 27 heavy (non-hydrogen) atoms. The molecule has 2 amide bonds. The third kappa shape index (κ3) is 6.16.